The van der Waals surface area contributed by atoms with Crippen molar-refractivity contribution in [3.63, 3.8) is 0 Å². The van der Waals surface area contributed by atoms with Crippen molar-refractivity contribution in [2.75, 3.05) is 0 Å². The van der Waals surface area contributed by atoms with Crippen molar-refractivity contribution >= 4 is 0 Å². The number of rotatable bonds is 2. The molecule has 3 aromatic rings. The number of para-hydroxylation sites is 1. The summed E-state index contributed by atoms with van der Waals surface area (Å²) in [5, 5.41) is 0. The first-order valence-corrected chi connectivity index (χ1v) is 6.26. The molecule has 2 aromatic carbocycles. The predicted molar refractivity (Wildman–Crippen MR) is 76.4 cm³/mol. The van der Waals surface area contributed by atoms with Gasteiger partial charge < -0.3 is 4.57 Å². The summed E-state index contributed by atoms with van der Waals surface area (Å²) in [6.45, 7) is 0. The van der Waals surface area contributed by atoms with Crippen LogP contribution in [-0.4, -0.2) is 9.13 Å². The van der Waals surface area contributed by atoms with E-state index < -0.39 is 0 Å². The van der Waals surface area contributed by atoms with Crippen LogP contribution in [0.2, 0.25) is 0 Å². The van der Waals surface area contributed by atoms with Gasteiger partial charge in [0.05, 0.1) is 11.4 Å². The Morgan fingerprint density at radius 1 is 0.950 bits per heavy atom. The molecule has 0 bridgehead atoms. The van der Waals surface area contributed by atoms with Gasteiger partial charge in [-0.1, -0.05) is 18.2 Å². The molecule has 0 saturated carbocycles. The molecule has 0 aliphatic carbocycles. The lowest BCUT2D eigenvalue weighted by Crippen LogP contribution is -2.21. The highest BCUT2D eigenvalue weighted by atomic mass is 19.1. The Bertz CT molecular complexity index is 786. The quantitative estimate of drug-likeness (QED) is 0.702. The van der Waals surface area contributed by atoms with Gasteiger partial charge in [0.2, 0.25) is 0 Å². The average Bonchev–Trinajstić information content (AvgIpc) is 2.77. The molecular weight excluding hydrogens is 255 g/mol. The number of imidazole rings is 1. The molecule has 0 spiro atoms. The summed E-state index contributed by atoms with van der Waals surface area (Å²) < 4.78 is 16.2. The molecule has 1 aromatic heterocycles. The maximum atomic E-state index is 13.0. The monoisotopic (exact) mass is 268 g/mol. The molecule has 3 nitrogen and oxygen atoms in total. The highest BCUT2D eigenvalue weighted by Gasteiger charge is 2.12. The first kappa shape index (κ1) is 12.4. The van der Waals surface area contributed by atoms with E-state index in [0.717, 1.165) is 16.9 Å². The van der Waals surface area contributed by atoms with E-state index >= 15 is 0 Å². The molecule has 0 saturated heterocycles. The Kier molecular flexibility index (Phi) is 2.99. The van der Waals surface area contributed by atoms with Crippen molar-refractivity contribution in [2.45, 2.75) is 0 Å². The SMILES string of the molecule is Cn1cc(-c2ccc(F)cc2)n(-c2ccccc2)c1=O. The van der Waals surface area contributed by atoms with Crippen LogP contribution in [0.1, 0.15) is 0 Å². The van der Waals surface area contributed by atoms with E-state index in [1.807, 2.05) is 30.3 Å². The van der Waals surface area contributed by atoms with Gasteiger partial charge in [-0.3, -0.25) is 4.57 Å². The standard InChI is InChI=1S/C16H13FN2O/c1-18-11-15(12-7-9-13(17)10-8-12)19(16(18)20)14-5-3-2-4-6-14/h2-11H,1H3. The highest BCUT2D eigenvalue weighted by molar-refractivity contribution is 5.61. The number of nitrogens with zero attached hydrogens (tertiary/aromatic N) is 2. The van der Waals surface area contributed by atoms with E-state index in [2.05, 4.69) is 0 Å². The summed E-state index contributed by atoms with van der Waals surface area (Å²) in [5.74, 6) is -0.293. The summed E-state index contributed by atoms with van der Waals surface area (Å²) in [4.78, 5) is 12.3. The van der Waals surface area contributed by atoms with Crippen LogP contribution in [0.3, 0.4) is 0 Å². The van der Waals surface area contributed by atoms with E-state index in [4.69, 9.17) is 0 Å². The fourth-order valence-electron chi connectivity index (χ4n) is 2.21. The van der Waals surface area contributed by atoms with Gasteiger partial charge in [-0.25, -0.2) is 9.18 Å². The average molecular weight is 268 g/mol. The third-order valence-corrected chi connectivity index (χ3v) is 3.20. The molecule has 0 aliphatic heterocycles. The zero-order valence-electron chi connectivity index (χ0n) is 11.0. The molecule has 0 radical (unpaired) electrons. The van der Waals surface area contributed by atoms with Crippen LogP contribution in [0.4, 0.5) is 4.39 Å². The van der Waals surface area contributed by atoms with Crippen molar-refractivity contribution in [3.8, 4) is 16.9 Å². The maximum absolute atomic E-state index is 13.0. The van der Waals surface area contributed by atoms with Crippen LogP contribution in [0.15, 0.2) is 65.6 Å². The van der Waals surface area contributed by atoms with Gasteiger partial charge >= 0.3 is 5.69 Å². The third kappa shape index (κ3) is 2.05. The van der Waals surface area contributed by atoms with Crippen molar-refractivity contribution in [3.05, 3.63) is 77.1 Å². The second kappa shape index (κ2) is 4.81. The van der Waals surface area contributed by atoms with Crippen LogP contribution in [0.25, 0.3) is 16.9 Å². The van der Waals surface area contributed by atoms with Crippen molar-refractivity contribution in [1.82, 2.24) is 9.13 Å². The highest BCUT2D eigenvalue weighted by Crippen LogP contribution is 2.21. The summed E-state index contributed by atoms with van der Waals surface area (Å²) >= 11 is 0. The van der Waals surface area contributed by atoms with Gasteiger partial charge in [0.25, 0.3) is 0 Å². The van der Waals surface area contributed by atoms with E-state index in [1.165, 1.54) is 16.7 Å². The van der Waals surface area contributed by atoms with E-state index in [0.29, 0.717) is 0 Å². The molecule has 0 aliphatic rings. The van der Waals surface area contributed by atoms with E-state index in [-0.39, 0.29) is 11.5 Å². The second-order valence-electron chi connectivity index (χ2n) is 4.59. The Morgan fingerprint density at radius 2 is 1.60 bits per heavy atom. The van der Waals surface area contributed by atoms with Crippen LogP contribution >= 0.6 is 0 Å². The summed E-state index contributed by atoms with van der Waals surface area (Å²) in [7, 11) is 1.70. The number of hydrogen-bond acceptors (Lipinski definition) is 1. The van der Waals surface area contributed by atoms with Gasteiger partial charge in [0.1, 0.15) is 5.82 Å². The molecule has 0 fully saturated rings. The molecule has 0 amide bonds. The van der Waals surface area contributed by atoms with Gasteiger partial charge in [-0.05, 0) is 36.4 Å². The third-order valence-electron chi connectivity index (χ3n) is 3.20. The molecule has 4 heteroatoms. The van der Waals surface area contributed by atoms with Crippen molar-refractivity contribution in [1.29, 1.82) is 0 Å². The Morgan fingerprint density at radius 3 is 2.25 bits per heavy atom. The lowest BCUT2D eigenvalue weighted by molar-refractivity contribution is 0.628. The Hall–Kier alpha value is -2.62. The second-order valence-corrected chi connectivity index (χ2v) is 4.59. The molecule has 0 unspecified atom stereocenters. The number of aryl methyl sites for hydroxylation is 1. The van der Waals surface area contributed by atoms with E-state index in [1.54, 1.807) is 29.9 Å². The van der Waals surface area contributed by atoms with Crippen molar-refractivity contribution in [2.24, 2.45) is 7.05 Å². The normalized spacial score (nSPS) is 10.7. The van der Waals surface area contributed by atoms with Crippen molar-refractivity contribution < 1.29 is 4.39 Å². The number of benzene rings is 2. The minimum atomic E-state index is -0.293. The largest absolute Gasteiger partial charge is 0.332 e. The zero-order chi connectivity index (χ0) is 14.1. The maximum Gasteiger partial charge on any atom is 0.332 e. The molecular formula is C16H13FN2O. The predicted octanol–water partition coefficient (Wildman–Crippen LogP) is 2.98. The Labute approximate surface area is 115 Å². The Balaban J connectivity index is 2.25. The fourth-order valence-corrected chi connectivity index (χ4v) is 2.21. The summed E-state index contributed by atoms with van der Waals surface area (Å²) in [6, 6.07) is 15.5. The first-order valence-electron chi connectivity index (χ1n) is 6.26. The lowest BCUT2D eigenvalue weighted by Gasteiger charge is -2.07. The molecule has 0 atom stereocenters. The first-order chi connectivity index (χ1) is 9.66. The van der Waals surface area contributed by atoms with Gasteiger partial charge in [0.15, 0.2) is 0 Å². The van der Waals surface area contributed by atoms with Crippen LogP contribution < -0.4 is 5.69 Å². The smallest absolute Gasteiger partial charge is 0.301 e. The summed E-state index contributed by atoms with van der Waals surface area (Å²) in [5.41, 5.74) is 2.20. The van der Waals surface area contributed by atoms with E-state index in [9.17, 15) is 9.18 Å². The summed E-state index contributed by atoms with van der Waals surface area (Å²) in [6.07, 6.45) is 1.75. The number of aromatic nitrogens is 2. The molecule has 1 heterocycles. The zero-order valence-corrected chi connectivity index (χ0v) is 11.0. The topological polar surface area (TPSA) is 26.9 Å². The minimum Gasteiger partial charge on any atom is -0.301 e. The number of hydrogen-bond donors (Lipinski definition) is 0. The van der Waals surface area contributed by atoms with Crippen LogP contribution in [0, 0.1) is 5.82 Å². The number of halogens is 1. The molecule has 100 valence electrons. The van der Waals surface area contributed by atoms with Gasteiger partial charge in [-0.2, -0.15) is 0 Å². The van der Waals surface area contributed by atoms with Gasteiger partial charge in [0, 0.05) is 18.8 Å². The molecule has 0 N–H and O–H groups in total. The molecule has 20 heavy (non-hydrogen) atoms. The van der Waals surface area contributed by atoms with Gasteiger partial charge in [-0.15, -0.1) is 0 Å². The minimum absolute atomic E-state index is 0.129. The lowest BCUT2D eigenvalue weighted by atomic mass is 10.1. The molecule has 3 rings (SSSR count). The van der Waals surface area contributed by atoms with Crippen LogP contribution in [-0.2, 0) is 7.05 Å². The van der Waals surface area contributed by atoms with Crippen LogP contribution in [0.5, 0.6) is 0 Å². The fraction of sp³-hybridized carbons (Fsp3) is 0.0625.